The number of benzene rings is 2. The molecule has 3 rings (SSSR count). The zero-order valence-corrected chi connectivity index (χ0v) is 13.3. The van der Waals surface area contributed by atoms with Crippen LogP contribution in [0.2, 0.25) is 13.1 Å². The normalized spacial score (nSPS) is 15.1. The Morgan fingerprint density at radius 1 is 0.944 bits per heavy atom. The van der Waals surface area contributed by atoms with E-state index in [0.717, 1.165) is 10.2 Å². The topological polar surface area (TPSA) is 9.23 Å². The molecule has 92 valence electrons. The van der Waals surface area contributed by atoms with Crippen molar-refractivity contribution < 1.29 is 4.74 Å². The Balaban J connectivity index is 2.33. The summed E-state index contributed by atoms with van der Waals surface area (Å²) in [7, 11) is 0.207. The van der Waals surface area contributed by atoms with Crippen molar-refractivity contribution in [2.45, 2.75) is 13.1 Å². The van der Waals surface area contributed by atoms with Gasteiger partial charge in [-0.15, -0.1) is 0 Å². The van der Waals surface area contributed by atoms with E-state index in [-0.39, 0.29) is 0 Å². The first-order valence-corrected chi connectivity index (χ1v) is 9.82. The lowest BCUT2D eigenvalue weighted by molar-refractivity contribution is 0.415. The fraction of sp³-hybridized carbons (Fsp3) is 0.200. The molecule has 0 aliphatic carbocycles. The first-order chi connectivity index (χ1) is 8.54. The molecular weight excluding hydrogens is 304 g/mol. The molecule has 0 saturated carbocycles. The van der Waals surface area contributed by atoms with Gasteiger partial charge in [0.05, 0.1) is 7.11 Å². The van der Waals surface area contributed by atoms with Crippen molar-refractivity contribution in [1.82, 2.24) is 0 Å². The Labute approximate surface area is 117 Å². The van der Waals surface area contributed by atoms with E-state index in [9.17, 15) is 0 Å². The van der Waals surface area contributed by atoms with Crippen LogP contribution in [0.5, 0.6) is 5.75 Å². The van der Waals surface area contributed by atoms with Crippen LogP contribution in [0, 0.1) is 0 Å². The third kappa shape index (κ3) is 1.57. The van der Waals surface area contributed by atoms with Gasteiger partial charge < -0.3 is 4.74 Å². The molecule has 0 N–H and O–H groups in total. The average Bonchev–Trinajstić information content (AvgIpc) is 2.58. The maximum Gasteiger partial charge on any atom is 0.119 e. The molecule has 1 heterocycles. The summed E-state index contributed by atoms with van der Waals surface area (Å²) in [6.07, 6.45) is 0. The van der Waals surface area contributed by atoms with Gasteiger partial charge in [-0.05, 0) is 45.8 Å². The largest absolute Gasteiger partial charge is 0.497 e. The van der Waals surface area contributed by atoms with E-state index < -0.39 is 8.07 Å². The summed E-state index contributed by atoms with van der Waals surface area (Å²) < 4.78 is 6.50. The minimum absolute atomic E-state index is 0.936. The number of rotatable bonds is 1. The molecule has 0 unspecified atom stereocenters. The van der Waals surface area contributed by atoms with E-state index in [0.29, 0.717) is 0 Å². The van der Waals surface area contributed by atoms with Gasteiger partial charge in [0.25, 0.3) is 0 Å². The summed E-state index contributed by atoms with van der Waals surface area (Å²) in [6, 6.07) is 13.1. The van der Waals surface area contributed by atoms with Crippen molar-refractivity contribution in [1.29, 1.82) is 0 Å². The second-order valence-electron chi connectivity index (χ2n) is 5.23. The minimum atomic E-state index is -1.52. The quantitative estimate of drug-likeness (QED) is 0.733. The van der Waals surface area contributed by atoms with Gasteiger partial charge in [0, 0.05) is 4.47 Å². The van der Waals surface area contributed by atoms with Crippen molar-refractivity contribution in [2.24, 2.45) is 0 Å². The van der Waals surface area contributed by atoms with E-state index in [2.05, 4.69) is 65.4 Å². The van der Waals surface area contributed by atoms with Crippen LogP contribution in [0.15, 0.2) is 40.9 Å². The summed E-state index contributed by atoms with van der Waals surface area (Å²) in [5, 5.41) is 3.03. The summed E-state index contributed by atoms with van der Waals surface area (Å²) in [6.45, 7) is 4.83. The molecule has 0 bridgehead atoms. The zero-order chi connectivity index (χ0) is 12.9. The zero-order valence-electron chi connectivity index (χ0n) is 10.8. The molecular formula is C15H15BrOSi. The Morgan fingerprint density at radius 2 is 1.56 bits per heavy atom. The predicted molar refractivity (Wildman–Crippen MR) is 82.9 cm³/mol. The summed E-state index contributed by atoms with van der Waals surface area (Å²) in [5.74, 6) is 0.936. The SMILES string of the molecule is COc1ccc2c(c1)-c1cc(Br)ccc1[Si]2(C)C. The highest BCUT2D eigenvalue weighted by Gasteiger charge is 2.37. The van der Waals surface area contributed by atoms with Gasteiger partial charge in [-0.25, -0.2) is 0 Å². The third-order valence-corrected chi connectivity index (χ3v) is 7.90. The van der Waals surface area contributed by atoms with Crippen molar-refractivity contribution in [3.05, 3.63) is 40.9 Å². The summed E-state index contributed by atoms with van der Waals surface area (Å²) in [4.78, 5) is 0. The van der Waals surface area contributed by atoms with Gasteiger partial charge in [-0.3, -0.25) is 0 Å². The van der Waals surface area contributed by atoms with Crippen molar-refractivity contribution in [3.8, 4) is 16.9 Å². The van der Waals surface area contributed by atoms with Crippen LogP contribution in [0.1, 0.15) is 0 Å². The van der Waals surface area contributed by atoms with Crippen LogP contribution < -0.4 is 15.1 Å². The number of halogens is 1. The van der Waals surface area contributed by atoms with Crippen molar-refractivity contribution in [3.63, 3.8) is 0 Å². The first-order valence-electron chi connectivity index (χ1n) is 6.03. The molecule has 0 saturated heterocycles. The Bertz CT molecular complexity index is 634. The van der Waals surface area contributed by atoms with E-state index in [4.69, 9.17) is 4.74 Å². The maximum atomic E-state index is 5.36. The van der Waals surface area contributed by atoms with Crippen LogP contribution in [-0.4, -0.2) is 15.2 Å². The van der Waals surface area contributed by atoms with E-state index in [1.807, 2.05) is 0 Å². The van der Waals surface area contributed by atoms with Crippen LogP contribution in [0.4, 0.5) is 0 Å². The first kappa shape index (κ1) is 12.0. The minimum Gasteiger partial charge on any atom is -0.497 e. The van der Waals surface area contributed by atoms with E-state index in [1.54, 1.807) is 7.11 Å². The highest BCUT2D eigenvalue weighted by molar-refractivity contribution is 9.10. The molecule has 0 spiro atoms. The van der Waals surface area contributed by atoms with Crippen LogP contribution in [0.3, 0.4) is 0 Å². The number of fused-ring (bicyclic) bond motifs is 3. The molecule has 1 aliphatic heterocycles. The van der Waals surface area contributed by atoms with E-state index >= 15 is 0 Å². The van der Waals surface area contributed by atoms with Gasteiger partial charge >= 0.3 is 0 Å². The highest BCUT2D eigenvalue weighted by Crippen LogP contribution is 2.32. The Hall–Kier alpha value is -1.06. The molecule has 2 aromatic rings. The number of ether oxygens (including phenoxy) is 1. The second kappa shape index (κ2) is 3.97. The number of methoxy groups -OCH3 is 1. The molecule has 0 aromatic heterocycles. The van der Waals surface area contributed by atoms with Gasteiger partial charge in [-0.2, -0.15) is 0 Å². The molecule has 0 fully saturated rings. The average molecular weight is 319 g/mol. The van der Waals surface area contributed by atoms with Crippen LogP contribution >= 0.6 is 15.9 Å². The second-order valence-corrected chi connectivity index (χ2v) is 10.5. The van der Waals surface area contributed by atoms with E-state index in [1.165, 1.54) is 21.5 Å². The molecule has 1 nitrogen and oxygen atoms in total. The lowest BCUT2D eigenvalue weighted by Gasteiger charge is -2.18. The number of hydrogen-bond donors (Lipinski definition) is 0. The standard InChI is InChI=1S/C15H15BrOSi/c1-17-11-5-7-15-13(9-11)12-8-10(16)4-6-14(12)18(15,2)3/h4-9H,1-3H3. The van der Waals surface area contributed by atoms with Gasteiger partial charge in [0.2, 0.25) is 0 Å². The van der Waals surface area contributed by atoms with Gasteiger partial charge in [0.1, 0.15) is 13.8 Å². The molecule has 2 aromatic carbocycles. The van der Waals surface area contributed by atoms with Crippen LogP contribution in [-0.2, 0) is 0 Å². The van der Waals surface area contributed by atoms with Crippen molar-refractivity contribution >= 4 is 34.4 Å². The third-order valence-electron chi connectivity index (χ3n) is 3.85. The smallest absolute Gasteiger partial charge is 0.119 e. The lowest BCUT2D eigenvalue weighted by Crippen LogP contribution is -2.49. The van der Waals surface area contributed by atoms with Gasteiger partial charge in [-0.1, -0.05) is 41.2 Å². The highest BCUT2D eigenvalue weighted by atomic mass is 79.9. The van der Waals surface area contributed by atoms with Crippen molar-refractivity contribution in [2.75, 3.05) is 7.11 Å². The van der Waals surface area contributed by atoms with Gasteiger partial charge in [0.15, 0.2) is 0 Å². The molecule has 0 radical (unpaired) electrons. The van der Waals surface area contributed by atoms with Crippen LogP contribution in [0.25, 0.3) is 11.1 Å². The maximum absolute atomic E-state index is 5.36. The molecule has 18 heavy (non-hydrogen) atoms. The Kier molecular flexibility index (Phi) is 2.64. The number of hydrogen-bond acceptors (Lipinski definition) is 1. The summed E-state index contributed by atoms with van der Waals surface area (Å²) >= 11 is 3.57. The monoisotopic (exact) mass is 318 g/mol. The molecule has 0 atom stereocenters. The fourth-order valence-electron chi connectivity index (χ4n) is 2.85. The predicted octanol–water partition coefficient (Wildman–Crippen LogP) is 3.26. The fourth-order valence-corrected chi connectivity index (χ4v) is 6.26. The molecule has 3 heteroatoms. The molecule has 0 amide bonds. The Morgan fingerprint density at radius 3 is 2.22 bits per heavy atom. The molecule has 1 aliphatic rings. The summed E-state index contributed by atoms with van der Waals surface area (Å²) in [5.41, 5.74) is 2.72. The lowest BCUT2D eigenvalue weighted by atomic mass is 10.1.